The van der Waals surface area contributed by atoms with E-state index < -0.39 is 52.7 Å². The quantitative estimate of drug-likeness (QED) is 0.149. The third-order valence-electron chi connectivity index (χ3n) is 11.1. The van der Waals surface area contributed by atoms with Gasteiger partial charge in [0.05, 0.1) is 25.6 Å². The topological polar surface area (TPSA) is 127 Å². The number of fused-ring (bicyclic) bond motifs is 2. The van der Waals surface area contributed by atoms with E-state index in [-0.39, 0.29) is 36.9 Å². The average molecular weight is 797 g/mol. The third-order valence-corrected chi connectivity index (χ3v) is 12.1. The van der Waals surface area contributed by atoms with Crippen molar-refractivity contribution in [2.45, 2.75) is 82.3 Å². The fourth-order valence-electron chi connectivity index (χ4n) is 8.98. The van der Waals surface area contributed by atoms with Crippen LogP contribution in [0.2, 0.25) is 0 Å². The van der Waals surface area contributed by atoms with E-state index in [9.17, 15) is 19.5 Å². The summed E-state index contributed by atoms with van der Waals surface area (Å²) in [6.45, 7) is 11.3. The number of benzene rings is 2. The van der Waals surface area contributed by atoms with E-state index >= 15 is 0 Å². The van der Waals surface area contributed by atoms with Gasteiger partial charge in [-0.1, -0.05) is 56.0 Å². The lowest BCUT2D eigenvalue weighted by Crippen LogP contribution is -2.70. The molecule has 2 aromatic carbocycles. The summed E-state index contributed by atoms with van der Waals surface area (Å²) in [7, 11) is 1.45. The predicted molar refractivity (Wildman–Crippen MR) is 189 cm³/mol. The molecule has 0 amide bonds. The Morgan fingerprint density at radius 2 is 1.84 bits per heavy atom. The fraction of sp³-hybridized carbons (Fsp3) is 0.462. The Labute approximate surface area is 304 Å². The molecule has 3 bridgehead atoms. The molecule has 264 valence electrons. The van der Waals surface area contributed by atoms with Crippen molar-refractivity contribution in [3.8, 4) is 11.5 Å². The van der Waals surface area contributed by atoms with Gasteiger partial charge < -0.3 is 33.5 Å². The van der Waals surface area contributed by atoms with E-state index in [4.69, 9.17) is 28.4 Å². The Bertz CT molecular complexity index is 1850. The summed E-state index contributed by atoms with van der Waals surface area (Å²) in [5.41, 5.74) is -0.325. The fourth-order valence-corrected chi connectivity index (χ4v) is 9.60. The van der Waals surface area contributed by atoms with E-state index in [0.717, 1.165) is 11.1 Å². The summed E-state index contributed by atoms with van der Waals surface area (Å²) in [6, 6.07) is 13.1. The van der Waals surface area contributed by atoms with Gasteiger partial charge in [-0.05, 0) is 88.8 Å². The first-order valence-corrected chi connectivity index (χ1v) is 17.9. The van der Waals surface area contributed by atoms with Gasteiger partial charge in [-0.2, -0.15) is 0 Å². The van der Waals surface area contributed by atoms with Crippen LogP contribution < -0.4 is 9.47 Å². The van der Waals surface area contributed by atoms with Crippen LogP contribution in [0.4, 0.5) is 0 Å². The van der Waals surface area contributed by atoms with Crippen LogP contribution >= 0.6 is 22.6 Å². The van der Waals surface area contributed by atoms with Crippen LogP contribution in [0, 0.1) is 21.3 Å². The van der Waals surface area contributed by atoms with Crippen LogP contribution in [0.1, 0.15) is 51.7 Å². The van der Waals surface area contributed by atoms with Gasteiger partial charge in [0.15, 0.2) is 17.3 Å². The lowest BCUT2D eigenvalue weighted by molar-refractivity contribution is -0.421. The van der Waals surface area contributed by atoms with Crippen molar-refractivity contribution in [3.05, 3.63) is 92.6 Å². The van der Waals surface area contributed by atoms with E-state index in [1.54, 1.807) is 19.1 Å². The first kappa shape index (κ1) is 35.1. The van der Waals surface area contributed by atoms with Crippen LogP contribution in [-0.2, 0) is 46.2 Å². The minimum atomic E-state index is -1.82. The number of esters is 2. The second kappa shape index (κ2) is 12.4. The predicted octanol–water partition coefficient (Wildman–Crippen LogP) is 5.57. The van der Waals surface area contributed by atoms with E-state index in [0.29, 0.717) is 38.9 Å². The molecule has 0 radical (unpaired) electrons. The second-order valence-electron chi connectivity index (χ2n) is 14.4. The largest absolute Gasteiger partial charge is 0.493 e. The molecule has 7 rings (SSSR count). The van der Waals surface area contributed by atoms with Gasteiger partial charge >= 0.3 is 11.9 Å². The number of hydrogen-bond acceptors (Lipinski definition) is 10. The van der Waals surface area contributed by atoms with Crippen LogP contribution in [-0.4, -0.2) is 65.4 Å². The Morgan fingerprint density at radius 1 is 1.10 bits per heavy atom. The zero-order valence-electron chi connectivity index (χ0n) is 28.7. The number of ketones is 1. The summed E-state index contributed by atoms with van der Waals surface area (Å²) < 4.78 is 38.1. The Hall–Kier alpha value is -3.36. The van der Waals surface area contributed by atoms with Crippen LogP contribution in [0.5, 0.6) is 11.5 Å². The first-order chi connectivity index (χ1) is 23.7. The van der Waals surface area contributed by atoms with Crippen molar-refractivity contribution < 1.29 is 47.9 Å². The number of hydrogen-bond donors (Lipinski definition) is 1. The number of carbonyl (C=O) groups excluding carboxylic acids is 3. The maximum Gasteiger partial charge on any atom is 0.310 e. The van der Waals surface area contributed by atoms with Crippen molar-refractivity contribution in [1.29, 1.82) is 0 Å². The molecule has 5 aliphatic rings. The summed E-state index contributed by atoms with van der Waals surface area (Å²) in [6.07, 6.45) is 4.04. The molecule has 11 heteroatoms. The monoisotopic (exact) mass is 796 g/mol. The van der Waals surface area contributed by atoms with Gasteiger partial charge in [0.25, 0.3) is 5.97 Å². The maximum atomic E-state index is 13.9. The van der Waals surface area contributed by atoms with Crippen molar-refractivity contribution in [1.82, 2.24) is 0 Å². The standard InChI is InChI=1S/C39H41IO10/c1-21(2)37-17-23(4)39-28(35(37)48-38(49-37,50-39)19-25-10-8-7-9-11-25)13-26(18-36(44)32(39)12-22(3)34(36)43)20-46-33(42)15-27-14-30(45-6)31(16-29(27)40)47-24(5)41/h7-14,16,23,28,32,35,44H,1,15,17-20H2,2-6H3/t23-,28+,32-,35-,36-,37-,38-,39-/m1/s1. The molecule has 10 nitrogen and oxygen atoms in total. The molecular formula is C39H41IO10. The molecule has 2 heterocycles. The smallest absolute Gasteiger partial charge is 0.310 e. The van der Waals surface area contributed by atoms with E-state index in [1.807, 2.05) is 49.4 Å². The number of methoxy groups -OCH3 is 1. The summed E-state index contributed by atoms with van der Waals surface area (Å²) in [5.74, 6) is -3.62. The molecule has 0 spiro atoms. The number of aliphatic hydroxyl groups is 1. The molecule has 3 aliphatic carbocycles. The molecule has 50 heavy (non-hydrogen) atoms. The first-order valence-electron chi connectivity index (χ1n) is 16.8. The number of ether oxygens (including phenoxy) is 6. The molecule has 2 aliphatic heterocycles. The van der Waals surface area contributed by atoms with E-state index in [1.165, 1.54) is 14.0 Å². The summed E-state index contributed by atoms with van der Waals surface area (Å²) >= 11 is 2.07. The van der Waals surface area contributed by atoms with Gasteiger partial charge in [-0.3, -0.25) is 14.4 Å². The van der Waals surface area contributed by atoms with Crippen molar-refractivity contribution in [3.63, 3.8) is 0 Å². The average Bonchev–Trinajstić information content (AvgIpc) is 3.36. The SMILES string of the molecule is C=C(C)[C@]12C[C@@H](C)[C@@]34O[C@](Cc5ccccc5)(O[C@@H]1[C@@H]3C=C(COC(=O)Cc1cc(OC)c(OC(C)=O)cc1I)C[C@]1(O)C(=O)C(C)=C[C@@H]41)O2. The van der Waals surface area contributed by atoms with Gasteiger partial charge in [0.1, 0.15) is 23.9 Å². The lowest BCUT2D eigenvalue weighted by Gasteiger charge is -2.59. The van der Waals surface area contributed by atoms with Crippen LogP contribution in [0.25, 0.3) is 0 Å². The molecule has 0 unspecified atom stereocenters. The summed E-state index contributed by atoms with van der Waals surface area (Å²) in [5, 5.41) is 12.5. The second-order valence-corrected chi connectivity index (χ2v) is 15.5. The minimum absolute atomic E-state index is 0.0340. The molecule has 2 saturated heterocycles. The normalized spacial score (nSPS) is 35.0. The van der Waals surface area contributed by atoms with Gasteiger partial charge in [0.2, 0.25) is 0 Å². The number of carbonyl (C=O) groups is 3. The Kier molecular flexibility index (Phi) is 8.70. The summed E-state index contributed by atoms with van der Waals surface area (Å²) in [4.78, 5) is 38.7. The van der Waals surface area contributed by atoms with Crippen LogP contribution in [0.15, 0.2) is 77.9 Å². The maximum absolute atomic E-state index is 13.9. The van der Waals surface area contributed by atoms with Crippen molar-refractivity contribution >= 4 is 40.3 Å². The molecule has 2 aromatic rings. The highest BCUT2D eigenvalue weighted by Crippen LogP contribution is 2.68. The highest BCUT2D eigenvalue weighted by Gasteiger charge is 2.79. The zero-order chi connectivity index (χ0) is 35.8. The molecule has 3 fully saturated rings. The zero-order valence-corrected chi connectivity index (χ0v) is 30.9. The van der Waals surface area contributed by atoms with Crippen molar-refractivity contribution in [2.24, 2.45) is 17.8 Å². The molecule has 0 aromatic heterocycles. The highest BCUT2D eigenvalue weighted by atomic mass is 127. The molecule has 1 saturated carbocycles. The van der Waals surface area contributed by atoms with Gasteiger partial charge in [-0.15, -0.1) is 0 Å². The molecule has 8 atom stereocenters. The number of rotatable bonds is 9. The van der Waals surface area contributed by atoms with E-state index in [2.05, 4.69) is 36.1 Å². The Morgan fingerprint density at radius 3 is 2.52 bits per heavy atom. The van der Waals surface area contributed by atoms with Gasteiger partial charge in [-0.25, -0.2) is 0 Å². The van der Waals surface area contributed by atoms with Crippen molar-refractivity contribution in [2.75, 3.05) is 13.7 Å². The van der Waals surface area contributed by atoms with Gasteiger partial charge in [0, 0.05) is 28.8 Å². The number of halogens is 1. The third kappa shape index (κ3) is 5.39. The molecule has 1 N–H and O–H groups in total. The lowest BCUT2D eigenvalue weighted by atomic mass is 9.55. The number of Topliss-reactive ketones (excluding diaryl/α,β-unsaturated/α-hetero) is 1. The molecular weight excluding hydrogens is 755 g/mol. The Balaban J connectivity index is 1.23. The van der Waals surface area contributed by atoms with Crippen LogP contribution in [0.3, 0.4) is 0 Å². The minimum Gasteiger partial charge on any atom is -0.493 e. The highest BCUT2D eigenvalue weighted by molar-refractivity contribution is 14.1.